The topological polar surface area (TPSA) is 136 Å². The van der Waals surface area contributed by atoms with E-state index in [1.54, 1.807) is 55.3 Å². The molecule has 0 radical (unpaired) electrons. The highest BCUT2D eigenvalue weighted by molar-refractivity contribution is 5.97. The summed E-state index contributed by atoms with van der Waals surface area (Å²) in [5.41, 5.74) is 3.16. The monoisotopic (exact) mass is 465 g/mol. The van der Waals surface area contributed by atoms with Gasteiger partial charge in [-0.15, -0.1) is 0 Å². The van der Waals surface area contributed by atoms with Gasteiger partial charge in [0.2, 0.25) is 0 Å². The lowest BCUT2D eigenvalue weighted by molar-refractivity contribution is 0.101. The molecule has 172 valence electrons. The van der Waals surface area contributed by atoms with E-state index in [-0.39, 0.29) is 17.2 Å². The summed E-state index contributed by atoms with van der Waals surface area (Å²) in [4.78, 5) is 37.2. The molecule has 4 heterocycles. The quantitative estimate of drug-likeness (QED) is 0.391. The number of pyridine rings is 1. The molecular formula is C24H19N9O2. The zero-order valence-corrected chi connectivity index (χ0v) is 19.1. The first-order chi connectivity index (χ1) is 16.8. The minimum absolute atomic E-state index is 0.164. The second kappa shape index (κ2) is 8.35. The van der Waals surface area contributed by atoms with Gasteiger partial charge in [-0.2, -0.15) is 15.3 Å². The van der Waals surface area contributed by atoms with Gasteiger partial charge in [-0.3, -0.25) is 9.36 Å². The summed E-state index contributed by atoms with van der Waals surface area (Å²) >= 11 is 0. The number of nitrogens with one attached hydrogen (secondary N) is 1. The molecule has 0 saturated carbocycles. The molecule has 1 N–H and O–H groups in total. The number of imidazole rings is 1. The lowest BCUT2D eigenvalue weighted by Gasteiger charge is -2.11. The first-order valence-corrected chi connectivity index (χ1v) is 10.6. The number of fused-ring (bicyclic) bond motifs is 1. The van der Waals surface area contributed by atoms with Gasteiger partial charge in [0.15, 0.2) is 17.3 Å². The van der Waals surface area contributed by atoms with Crippen LogP contribution in [-0.4, -0.2) is 39.6 Å². The van der Waals surface area contributed by atoms with Gasteiger partial charge in [0.25, 0.3) is 0 Å². The van der Waals surface area contributed by atoms with Gasteiger partial charge in [0, 0.05) is 24.6 Å². The average Bonchev–Trinajstić information content (AvgIpc) is 3.44. The third-order valence-corrected chi connectivity index (χ3v) is 5.48. The van der Waals surface area contributed by atoms with E-state index in [4.69, 9.17) is 4.98 Å². The minimum Gasteiger partial charge on any atom is -0.340 e. The van der Waals surface area contributed by atoms with Gasteiger partial charge in [-0.25, -0.2) is 19.4 Å². The van der Waals surface area contributed by atoms with Crippen molar-refractivity contribution < 1.29 is 4.79 Å². The number of aryl methyl sites for hydroxylation is 2. The Morgan fingerprint density at radius 3 is 2.66 bits per heavy atom. The summed E-state index contributed by atoms with van der Waals surface area (Å²) in [6.07, 6.45) is 3.28. The molecule has 0 aliphatic carbocycles. The molecule has 0 amide bonds. The largest absolute Gasteiger partial charge is 0.349 e. The normalized spacial score (nSPS) is 10.9. The van der Waals surface area contributed by atoms with Crippen LogP contribution in [0.1, 0.15) is 28.7 Å². The molecule has 11 nitrogen and oxygen atoms in total. The third kappa shape index (κ3) is 3.93. The smallest absolute Gasteiger partial charge is 0.340 e. The molecular weight excluding hydrogens is 446 g/mol. The molecule has 0 saturated heterocycles. The lowest BCUT2D eigenvalue weighted by atomic mass is 10.2. The van der Waals surface area contributed by atoms with Crippen LogP contribution in [0, 0.1) is 18.3 Å². The Morgan fingerprint density at radius 2 is 1.94 bits per heavy atom. The van der Waals surface area contributed by atoms with Crippen LogP contribution in [0.15, 0.2) is 59.8 Å². The second-order valence-electron chi connectivity index (χ2n) is 7.94. The van der Waals surface area contributed by atoms with E-state index < -0.39 is 0 Å². The van der Waals surface area contributed by atoms with Crippen molar-refractivity contribution in [2.75, 3.05) is 5.32 Å². The zero-order chi connectivity index (χ0) is 24.7. The molecule has 0 aliphatic heterocycles. The molecule has 0 aliphatic rings. The van der Waals surface area contributed by atoms with Crippen LogP contribution in [-0.2, 0) is 7.05 Å². The van der Waals surface area contributed by atoms with Gasteiger partial charge in [0.05, 0.1) is 16.6 Å². The SMILES string of the molecule is CC(=O)c1ccc(-n2cnc3cc(Nc4ccn(C)c(=O)n4)ccc32)nc1-n1nc(C#N)cc1C. The summed E-state index contributed by atoms with van der Waals surface area (Å²) < 4.78 is 4.69. The molecule has 0 atom stereocenters. The van der Waals surface area contributed by atoms with Crippen molar-refractivity contribution in [2.45, 2.75) is 13.8 Å². The van der Waals surface area contributed by atoms with Crippen LogP contribution < -0.4 is 11.0 Å². The van der Waals surface area contributed by atoms with Gasteiger partial charge in [0.1, 0.15) is 24.0 Å². The number of carbonyl (C=O) groups is 1. The van der Waals surface area contributed by atoms with Crippen molar-refractivity contribution in [2.24, 2.45) is 7.05 Å². The Labute approximate surface area is 198 Å². The Balaban J connectivity index is 1.55. The highest BCUT2D eigenvalue weighted by Crippen LogP contribution is 2.24. The van der Waals surface area contributed by atoms with Gasteiger partial charge >= 0.3 is 5.69 Å². The van der Waals surface area contributed by atoms with Crippen LogP contribution in [0.5, 0.6) is 0 Å². The molecule has 5 aromatic rings. The summed E-state index contributed by atoms with van der Waals surface area (Å²) in [5.74, 6) is 1.15. The van der Waals surface area contributed by atoms with Crippen molar-refractivity contribution >= 4 is 28.3 Å². The van der Waals surface area contributed by atoms with E-state index in [2.05, 4.69) is 20.4 Å². The Bertz CT molecular complexity index is 1720. The molecule has 1 aromatic carbocycles. The van der Waals surface area contributed by atoms with Crippen LogP contribution in [0.3, 0.4) is 0 Å². The van der Waals surface area contributed by atoms with Crippen LogP contribution in [0.2, 0.25) is 0 Å². The molecule has 0 bridgehead atoms. The van der Waals surface area contributed by atoms with Crippen molar-refractivity contribution in [3.05, 3.63) is 82.4 Å². The Hall–Kier alpha value is -5.11. The van der Waals surface area contributed by atoms with E-state index >= 15 is 0 Å². The predicted octanol–water partition coefficient (Wildman–Crippen LogP) is 2.83. The number of benzene rings is 1. The number of carbonyl (C=O) groups excluding carboxylic acids is 1. The van der Waals surface area contributed by atoms with E-state index in [0.717, 1.165) is 11.2 Å². The summed E-state index contributed by atoms with van der Waals surface area (Å²) in [6.45, 7) is 3.26. The average molecular weight is 465 g/mol. The predicted molar refractivity (Wildman–Crippen MR) is 128 cm³/mol. The number of hydrogen-bond acceptors (Lipinski definition) is 8. The fourth-order valence-corrected chi connectivity index (χ4v) is 3.71. The minimum atomic E-state index is -0.356. The number of aromatic nitrogens is 7. The lowest BCUT2D eigenvalue weighted by Crippen LogP contribution is -2.19. The fourth-order valence-electron chi connectivity index (χ4n) is 3.71. The number of Topliss-reactive ketones (excluding diaryl/α,β-unsaturated/α-hetero) is 1. The van der Waals surface area contributed by atoms with Crippen molar-refractivity contribution in [1.82, 2.24) is 33.9 Å². The highest BCUT2D eigenvalue weighted by Gasteiger charge is 2.17. The summed E-state index contributed by atoms with van der Waals surface area (Å²) in [7, 11) is 1.64. The van der Waals surface area contributed by atoms with Gasteiger partial charge in [-0.05, 0) is 56.3 Å². The fraction of sp³-hybridized carbons (Fsp3) is 0.125. The number of hydrogen-bond donors (Lipinski definition) is 1. The van der Waals surface area contributed by atoms with E-state index in [1.165, 1.54) is 16.2 Å². The van der Waals surface area contributed by atoms with Crippen LogP contribution in [0.25, 0.3) is 22.7 Å². The molecule has 11 heteroatoms. The maximum Gasteiger partial charge on any atom is 0.349 e. The Morgan fingerprint density at radius 1 is 1.11 bits per heavy atom. The maximum atomic E-state index is 12.3. The van der Waals surface area contributed by atoms with Gasteiger partial charge in [-0.1, -0.05) is 0 Å². The van der Waals surface area contributed by atoms with Gasteiger partial charge < -0.3 is 9.88 Å². The number of ketones is 1. The van der Waals surface area contributed by atoms with E-state index in [0.29, 0.717) is 34.2 Å². The van der Waals surface area contributed by atoms with E-state index in [1.807, 2.05) is 24.3 Å². The van der Waals surface area contributed by atoms with Crippen LogP contribution >= 0.6 is 0 Å². The number of anilines is 2. The molecule has 0 unspecified atom stereocenters. The second-order valence-corrected chi connectivity index (χ2v) is 7.94. The van der Waals surface area contributed by atoms with Crippen LogP contribution in [0.4, 0.5) is 11.5 Å². The van der Waals surface area contributed by atoms with Crippen molar-refractivity contribution in [3.8, 4) is 17.7 Å². The summed E-state index contributed by atoms with van der Waals surface area (Å²) in [6, 6.07) is 14.3. The maximum absolute atomic E-state index is 12.3. The van der Waals surface area contributed by atoms with E-state index in [9.17, 15) is 14.9 Å². The first kappa shape index (κ1) is 21.7. The molecule has 35 heavy (non-hydrogen) atoms. The summed E-state index contributed by atoms with van der Waals surface area (Å²) in [5, 5.41) is 16.6. The first-order valence-electron chi connectivity index (χ1n) is 10.6. The number of rotatable bonds is 5. The molecule has 0 fully saturated rings. The highest BCUT2D eigenvalue weighted by atomic mass is 16.1. The Kier molecular flexibility index (Phi) is 5.18. The standard InChI is InChI=1S/C24H19N9O2/c1-14-10-17(12-25)30-33(14)23-18(15(2)34)5-7-22(29-23)32-13-26-19-11-16(4-6-20(19)32)27-21-8-9-31(3)24(35)28-21/h4-11,13H,1-3H3,(H,27,28,35). The number of nitriles is 1. The van der Waals surface area contributed by atoms with Crippen molar-refractivity contribution in [1.29, 1.82) is 5.26 Å². The molecule has 0 spiro atoms. The molecule has 5 rings (SSSR count). The van der Waals surface area contributed by atoms with Crippen molar-refractivity contribution in [3.63, 3.8) is 0 Å². The zero-order valence-electron chi connectivity index (χ0n) is 19.1. The number of nitrogens with zero attached hydrogens (tertiary/aromatic N) is 8. The molecule has 4 aromatic heterocycles. The third-order valence-electron chi connectivity index (χ3n) is 5.48.